The molecule has 6 N–H and O–H groups in total. The maximum absolute atomic E-state index is 12.8. The van der Waals surface area contributed by atoms with E-state index in [1.54, 1.807) is 0 Å². The second-order valence-electron chi connectivity index (χ2n) is 7.76. The average molecular weight is 521 g/mol. The summed E-state index contributed by atoms with van der Waals surface area (Å²) in [5.41, 5.74) is 5.14. The predicted molar refractivity (Wildman–Crippen MR) is 127 cm³/mol. The number of nitrogen functional groups attached to an aromatic ring is 1. The smallest absolute Gasteiger partial charge is 0.352 e. The number of aromatic hydroxyl groups is 1. The highest BCUT2D eigenvalue weighted by Gasteiger charge is 2.54. The van der Waals surface area contributed by atoms with Crippen molar-refractivity contribution in [2.24, 2.45) is 7.05 Å². The molecule has 3 heterocycles. The van der Waals surface area contributed by atoms with E-state index in [1.807, 2.05) is 0 Å². The van der Waals surface area contributed by atoms with Crippen molar-refractivity contribution in [3.63, 3.8) is 0 Å². The first-order chi connectivity index (χ1) is 16.6. The third-order valence-corrected chi connectivity index (χ3v) is 7.92. The van der Waals surface area contributed by atoms with E-state index < -0.39 is 40.3 Å². The summed E-state index contributed by atoms with van der Waals surface area (Å²) in [6, 6.07) is 3.34. The Morgan fingerprint density at radius 3 is 2.77 bits per heavy atom. The van der Waals surface area contributed by atoms with Crippen LogP contribution in [0.5, 0.6) is 5.75 Å². The van der Waals surface area contributed by atoms with Crippen LogP contribution in [0, 0.1) is 0 Å². The van der Waals surface area contributed by atoms with E-state index in [9.17, 15) is 34.2 Å². The van der Waals surface area contributed by atoms with Gasteiger partial charge < -0.3 is 21.3 Å². The van der Waals surface area contributed by atoms with E-state index in [1.165, 1.54) is 37.0 Å². The molecule has 4 rings (SSSR count). The highest BCUT2D eigenvalue weighted by atomic mass is 32.2. The first-order valence-electron chi connectivity index (χ1n) is 10.1. The number of carbonyl (C=O) groups excluding carboxylic acids is 2. The molecule has 1 aromatic heterocycles. The molecule has 13 nitrogen and oxygen atoms in total. The maximum atomic E-state index is 12.8. The van der Waals surface area contributed by atoms with E-state index in [-0.39, 0.29) is 40.2 Å². The van der Waals surface area contributed by atoms with Crippen LogP contribution in [-0.4, -0.2) is 70.6 Å². The summed E-state index contributed by atoms with van der Waals surface area (Å²) < 4.78 is 1.06. The number of carboxylic acid groups (broad SMARTS) is 1. The molecule has 0 radical (unpaired) electrons. The molecule has 2 amide bonds. The van der Waals surface area contributed by atoms with Crippen molar-refractivity contribution in [1.82, 2.24) is 25.0 Å². The molecule has 1 aromatic carbocycles. The number of rotatable bonds is 7. The van der Waals surface area contributed by atoms with Crippen molar-refractivity contribution >= 4 is 47.0 Å². The molecule has 0 saturated carbocycles. The van der Waals surface area contributed by atoms with Gasteiger partial charge >= 0.3 is 17.1 Å². The zero-order valence-corrected chi connectivity index (χ0v) is 19.8. The van der Waals surface area contributed by atoms with E-state index in [2.05, 4.69) is 15.5 Å². The summed E-state index contributed by atoms with van der Waals surface area (Å²) in [7, 11) is 1.38. The highest BCUT2D eigenvalue weighted by Crippen LogP contribution is 2.41. The van der Waals surface area contributed by atoms with Gasteiger partial charge in [0.05, 0.1) is 6.42 Å². The SMILES string of the molecule is Cn1c(SCC2=C(C(=O)O)N3C(=O)C(NC(=O)Cc4ccc(O)cc4N)C3SC2)n[nH]c(=O)c1=O. The quantitative estimate of drug-likeness (QED) is 0.127. The Bertz CT molecular complexity index is 1380. The number of β-lactam (4-membered cyclic amide) rings is 1. The van der Waals surface area contributed by atoms with E-state index in [0.717, 1.165) is 21.2 Å². The van der Waals surface area contributed by atoms with Crippen LogP contribution >= 0.6 is 23.5 Å². The van der Waals surface area contributed by atoms with Crippen LogP contribution in [0.2, 0.25) is 0 Å². The van der Waals surface area contributed by atoms with Crippen LogP contribution in [0.4, 0.5) is 5.69 Å². The number of nitrogens with one attached hydrogen (secondary N) is 2. The molecule has 1 fully saturated rings. The topological polar surface area (TPSA) is 201 Å². The van der Waals surface area contributed by atoms with Crippen LogP contribution in [-0.2, 0) is 27.9 Å². The summed E-state index contributed by atoms with van der Waals surface area (Å²) >= 11 is 2.35. The van der Waals surface area contributed by atoms with Gasteiger partial charge in [0.15, 0.2) is 5.16 Å². The third kappa shape index (κ3) is 4.64. The van der Waals surface area contributed by atoms with Gasteiger partial charge in [-0.25, -0.2) is 9.89 Å². The number of thioether (sulfide) groups is 2. The van der Waals surface area contributed by atoms with Crippen molar-refractivity contribution in [3.8, 4) is 5.75 Å². The molecule has 35 heavy (non-hydrogen) atoms. The first kappa shape index (κ1) is 24.4. The predicted octanol–water partition coefficient (Wildman–Crippen LogP) is -1.17. The number of aromatic amines is 1. The van der Waals surface area contributed by atoms with E-state index in [0.29, 0.717) is 11.1 Å². The van der Waals surface area contributed by atoms with Crippen molar-refractivity contribution in [2.45, 2.75) is 23.0 Å². The maximum Gasteiger partial charge on any atom is 0.352 e. The molecular weight excluding hydrogens is 500 g/mol. The number of H-pyrrole nitrogens is 1. The summed E-state index contributed by atoms with van der Waals surface area (Å²) in [6.07, 6.45) is -0.109. The van der Waals surface area contributed by atoms with Crippen LogP contribution in [0.25, 0.3) is 0 Å². The average Bonchev–Trinajstić information content (AvgIpc) is 2.81. The molecule has 0 bridgehead atoms. The number of aliphatic carboxylic acids is 1. The van der Waals surface area contributed by atoms with E-state index in [4.69, 9.17) is 5.73 Å². The number of carbonyl (C=O) groups is 3. The Kier molecular flexibility index (Phi) is 6.62. The lowest BCUT2D eigenvalue weighted by Gasteiger charge is -2.49. The number of amides is 2. The molecule has 184 valence electrons. The molecule has 2 aliphatic rings. The second kappa shape index (κ2) is 9.50. The Morgan fingerprint density at radius 2 is 2.09 bits per heavy atom. The molecule has 2 atom stereocenters. The number of phenols is 1. The van der Waals surface area contributed by atoms with Gasteiger partial charge in [0, 0.05) is 30.3 Å². The zero-order valence-electron chi connectivity index (χ0n) is 18.2. The number of aromatic nitrogens is 3. The third-order valence-electron chi connectivity index (χ3n) is 5.46. The fourth-order valence-electron chi connectivity index (χ4n) is 3.68. The van der Waals surface area contributed by atoms with Crippen molar-refractivity contribution < 1.29 is 24.6 Å². The summed E-state index contributed by atoms with van der Waals surface area (Å²) in [6.45, 7) is 0. The first-order valence-corrected chi connectivity index (χ1v) is 12.2. The summed E-state index contributed by atoms with van der Waals surface area (Å²) in [5, 5.41) is 27.4. The molecule has 2 unspecified atom stereocenters. The molecule has 2 aromatic rings. The van der Waals surface area contributed by atoms with Crippen LogP contribution in [0.3, 0.4) is 0 Å². The number of phenolic OH excluding ortho intramolecular Hbond substituents is 1. The van der Waals surface area contributed by atoms with Crippen molar-refractivity contribution in [2.75, 3.05) is 17.2 Å². The molecule has 15 heteroatoms. The highest BCUT2D eigenvalue weighted by molar-refractivity contribution is 8.01. The Hall–Kier alpha value is -3.72. The number of benzene rings is 1. The fraction of sp³-hybridized carbons (Fsp3) is 0.300. The van der Waals surface area contributed by atoms with Gasteiger partial charge in [-0.1, -0.05) is 17.8 Å². The molecule has 1 saturated heterocycles. The molecular formula is C20H20N6O7S2. The van der Waals surface area contributed by atoms with Crippen LogP contribution in [0.15, 0.2) is 44.2 Å². The number of hydrogen-bond donors (Lipinski definition) is 5. The van der Waals surface area contributed by atoms with Gasteiger partial charge in [-0.3, -0.25) is 28.6 Å². The zero-order chi connectivity index (χ0) is 25.4. The number of nitrogens with zero attached hydrogens (tertiary/aromatic N) is 3. The molecule has 2 aliphatic heterocycles. The lowest BCUT2D eigenvalue weighted by molar-refractivity contribution is -0.150. The van der Waals surface area contributed by atoms with Gasteiger partial charge in [-0.05, 0) is 17.2 Å². The largest absolute Gasteiger partial charge is 0.508 e. The standard InChI is InChI=1S/C20H20N6O7S2/c1-25-17(31)15(29)23-24-20(25)35-7-9-6-34-18-13(16(30)26(18)14(9)19(32)33)22-12(28)4-8-2-3-10(27)5-11(8)21/h2-3,5,13,18,27H,4,6-7,21H2,1H3,(H,22,28)(H,23,29)(H,32,33). The summed E-state index contributed by atoms with van der Waals surface area (Å²) in [4.78, 5) is 61.6. The number of anilines is 1. The van der Waals surface area contributed by atoms with Crippen LogP contribution < -0.4 is 22.2 Å². The second-order valence-corrected chi connectivity index (χ2v) is 9.81. The number of fused-ring (bicyclic) bond motifs is 1. The fourth-order valence-corrected chi connectivity index (χ4v) is 6.08. The van der Waals surface area contributed by atoms with Gasteiger partial charge in [0.25, 0.3) is 5.91 Å². The van der Waals surface area contributed by atoms with Gasteiger partial charge in [-0.2, -0.15) is 0 Å². The number of hydrogen-bond acceptors (Lipinski definition) is 10. The van der Waals surface area contributed by atoms with Gasteiger partial charge in [0.2, 0.25) is 5.91 Å². The van der Waals surface area contributed by atoms with E-state index >= 15 is 0 Å². The molecule has 0 aliphatic carbocycles. The number of nitrogens with two attached hydrogens (primary N) is 1. The van der Waals surface area contributed by atoms with Gasteiger partial charge in [0.1, 0.15) is 22.9 Å². The molecule has 0 spiro atoms. The monoisotopic (exact) mass is 520 g/mol. The van der Waals surface area contributed by atoms with Crippen LogP contribution in [0.1, 0.15) is 5.56 Å². The Balaban J connectivity index is 1.46. The Morgan fingerprint density at radius 1 is 1.34 bits per heavy atom. The lowest BCUT2D eigenvalue weighted by Crippen LogP contribution is -2.70. The van der Waals surface area contributed by atoms with Gasteiger partial charge in [-0.15, -0.1) is 16.9 Å². The lowest BCUT2D eigenvalue weighted by atomic mass is 10.0. The minimum absolute atomic E-state index is 0.0319. The van der Waals surface area contributed by atoms with Crippen molar-refractivity contribution in [1.29, 1.82) is 0 Å². The minimum Gasteiger partial charge on any atom is -0.508 e. The minimum atomic E-state index is -1.29. The Labute approximate surface area is 205 Å². The normalized spacial score (nSPS) is 19.2. The summed E-state index contributed by atoms with van der Waals surface area (Å²) in [5.74, 6) is -1.94. The van der Waals surface area contributed by atoms with Crippen molar-refractivity contribution in [3.05, 3.63) is 55.7 Å². The number of carboxylic acids is 1.